The lowest BCUT2D eigenvalue weighted by molar-refractivity contribution is 0.0602. The van der Waals surface area contributed by atoms with Gasteiger partial charge >= 0.3 is 5.97 Å². The van der Waals surface area contributed by atoms with Crippen molar-refractivity contribution in [2.45, 2.75) is 6.92 Å². The molecule has 1 aromatic rings. The van der Waals surface area contributed by atoms with E-state index in [1.807, 2.05) is 6.92 Å². The van der Waals surface area contributed by atoms with Gasteiger partial charge in [-0.2, -0.15) is 0 Å². The van der Waals surface area contributed by atoms with E-state index in [0.717, 1.165) is 11.3 Å². The zero-order valence-electron chi connectivity index (χ0n) is 7.30. The molecule has 0 amide bonds. The van der Waals surface area contributed by atoms with Crippen LogP contribution in [0.1, 0.15) is 16.6 Å². The van der Waals surface area contributed by atoms with E-state index in [1.54, 1.807) is 6.07 Å². The highest BCUT2D eigenvalue weighted by Crippen LogP contribution is 2.33. The molecule has 0 aliphatic rings. The molecule has 3 nitrogen and oxygen atoms in total. The van der Waals surface area contributed by atoms with Crippen molar-refractivity contribution in [3.8, 4) is 5.75 Å². The van der Waals surface area contributed by atoms with Gasteiger partial charge in [0.05, 0.1) is 18.1 Å². The largest absolute Gasteiger partial charge is 0.492 e. The number of esters is 1. The van der Waals surface area contributed by atoms with Crippen LogP contribution in [0.3, 0.4) is 0 Å². The van der Waals surface area contributed by atoms with Gasteiger partial charge in [0.15, 0.2) is 4.88 Å². The van der Waals surface area contributed by atoms with Crippen molar-refractivity contribution in [3.63, 3.8) is 0 Å². The summed E-state index contributed by atoms with van der Waals surface area (Å²) in [6.45, 7) is 2.34. The average Bonchev–Trinajstić information content (AvgIpc) is 2.46. The minimum Gasteiger partial charge on any atom is -0.492 e. The Morgan fingerprint density at radius 1 is 1.69 bits per heavy atom. The maximum absolute atomic E-state index is 11.2. The molecule has 0 saturated heterocycles. The van der Waals surface area contributed by atoms with E-state index in [-0.39, 0.29) is 0 Å². The molecule has 13 heavy (non-hydrogen) atoms. The number of hydrogen-bond donors (Lipinski definition) is 0. The maximum Gasteiger partial charge on any atom is 0.351 e. The Morgan fingerprint density at radius 2 is 2.38 bits per heavy atom. The molecule has 72 valence electrons. The van der Waals surface area contributed by atoms with Crippen LogP contribution in [0, 0.1) is 0 Å². The third-order valence-electron chi connectivity index (χ3n) is 1.34. The molecule has 0 N–H and O–H groups in total. The van der Waals surface area contributed by atoms with Crippen LogP contribution in [0.4, 0.5) is 0 Å². The number of methoxy groups -OCH3 is 1. The summed E-state index contributed by atoms with van der Waals surface area (Å²) < 4.78 is 10.3. The monoisotopic (exact) mass is 220 g/mol. The Hall–Kier alpha value is -0.740. The number of carbonyl (C=O) groups excluding carboxylic acids is 1. The highest BCUT2D eigenvalue weighted by atomic mass is 35.5. The maximum atomic E-state index is 11.2. The summed E-state index contributed by atoms with van der Waals surface area (Å²) in [5, 5.41) is 0. The van der Waals surface area contributed by atoms with Gasteiger partial charge in [-0.1, -0.05) is 11.6 Å². The van der Waals surface area contributed by atoms with E-state index in [2.05, 4.69) is 4.74 Å². The number of halogens is 1. The van der Waals surface area contributed by atoms with Crippen LogP contribution >= 0.6 is 22.9 Å². The molecule has 0 atom stereocenters. The van der Waals surface area contributed by atoms with Crippen molar-refractivity contribution in [2.75, 3.05) is 13.7 Å². The fourth-order valence-corrected chi connectivity index (χ4v) is 1.92. The topological polar surface area (TPSA) is 35.5 Å². The van der Waals surface area contributed by atoms with Gasteiger partial charge < -0.3 is 9.47 Å². The summed E-state index contributed by atoms with van der Waals surface area (Å²) in [6, 6.07) is 1.61. The highest BCUT2D eigenvalue weighted by molar-refractivity contribution is 7.18. The molecule has 5 heteroatoms. The minimum atomic E-state index is -0.416. The first-order valence-corrected chi connectivity index (χ1v) is 4.89. The zero-order valence-corrected chi connectivity index (χ0v) is 8.87. The molecule has 0 radical (unpaired) electrons. The summed E-state index contributed by atoms with van der Waals surface area (Å²) in [6.07, 6.45) is 0. The molecule has 0 fully saturated rings. The number of hydrogen-bond acceptors (Lipinski definition) is 4. The predicted octanol–water partition coefficient (Wildman–Crippen LogP) is 2.59. The van der Waals surface area contributed by atoms with Crippen LogP contribution in [-0.4, -0.2) is 19.7 Å². The first-order valence-electron chi connectivity index (χ1n) is 3.69. The van der Waals surface area contributed by atoms with Crippen molar-refractivity contribution >= 4 is 28.9 Å². The van der Waals surface area contributed by atoms with E-state index in [1.165, 1.54) is 7.11 Å². The van der Waals surface area contributed by atoms with Crippen LogP contribution in [0.25, 0.3) is 0 Å². The summed E-state index contributed by atoms with van der Waals surface area (Å²) in [7, 11) is 1.33. The SMILES string of the molecule is CCOc1cc(Cl)sc1C(=O)OC. The lowest BCUT2D eigenvalue weighted by Crippen LogP contribution is -2.01. The smallest absolute Gasteiger partial charge is 0.351 e. The Balaban J connectivity index is 2.96. The van der Waals surface area contributed by atoms with E-state index in [0.29, 0.717) is 21.6 Å². The molecule has 0 spiro atoms. The van der Waals surface area contributed by atoms with Crippen molar-refractivity contribution in [3.05, 3.63) is 15.3 Å². The minimum absolute atomic E-state index is 0.411. The second-order valence-corrected chi connectivity index (χ2v) is 3.85. The predicted molar refractivity (Wildman–Crippen MR) is 51.8 cm³/mol. The highest BCUT2D eigenvalue weighted by Gasteiger charge is 2.16. The van der Waals surface area contributed by atoms with Crippen LogP contribution < -0.4 is 4.74 Å². The normalized spacial score (nSPS) is 9.77. The Bertz CT molecular complexity index is 308. The second kappa shape index (κ2) is 4.48. The molecule has 0 saturated carbocycles. The van der Waals surface area contributed by atoms with Crippen LogP contribution in [0.15, 0.2) is 6.07 Å². The number of thiophene rings is 1. The fraction of sp³-hybridized carbons (Fsp3) is 0.375. The Morgan fingerprint density at radius 3 is 2.92 bits per heavy atom. The van der Waals surface area contributed by atoms with Crippen LogP contribution in [0.2, 0.25) is 4.34 Å². The molecule has 0 unspecified atom stereocenters. The number of carbonyl (C=O) groups is 1. The van der Waals surface area contributed by atoms with Gasteiger partial charge in [-0.05, 0) is 6.92 Å². The lowest BCUT2D eigenvalue weighted by Gasteiger charge is -2.01. The van der Waals surface area contributed by atoms with E-state index >= 15 is 0 Å². The van der Waals surface area contributed by atoms with E-state index < -0.39 is 5.97 Å². The van der Waals surface area contributed by atoms with Gasteiger partial charge in [-0.15, -0.1) is 11.3 Å². The average molecular weight is 221 g/mol. The Labute approximate surface area is 85.2 Å². The van der Waals surface area contributed by atoms with Crippen molar-refractivity contribution in [1.29, 1.82) is 0 Å². The van der Waals surface area contributed by atoms with Crippen molar-refractivity contribution < 1.29 is 14.3 Å². The Kier molecular flexibility index (Phi) is 3.57. The number of rotatable bonds is 3. The third kappa shape index (κ3) is 2.35. The van der Waals surface area contributed by atoms with E-state index in [4.69, 9.17) is 16.3 Å². The fourth-order valence-electron chi connectivity index (χ4n) is 0.844. The molecular weight excluding hydrogens is 212 g/mol. The second-order valence-electron chi connectivity index (χ2n) is 2.17. The summed E-state index contributed by atoms with van der Waals surface area (Å²) in [5.74, 6) is 0.0738. The quantitative estimate of drug-likeness (QED) is 0.735. The molecule has 0 aliphatic carbocycles. The molecule has 1 aromatic heterocycles. The van der Waals surface area contributed by atoms with Gasteiger partial charge in [0.1, 0.15) is 5.75 Å². The van der Waals surface area contributed by atoms with Crippen molar-refractivity contribution in [1.82, 2.24) is 0 Å². The molecule has 0 aliphatic heterocycles. The first-order chi connectivity index (χ1) is 6.19. The summed E-state index contributed by atoms with van der Waals surface area (Å²) in [4.78, 5) is 11.6. The number of ether oxygens (including phenoxy) is 2. The van der Waals surface area contributed by atoms with Gasteiger partial charge in [-0.25, -0.2) is 4.79 Å². The van der Waals surface area contributed by atoms with Crippen molar-refractivity contribution in [2.24, 2.45) is 0 Å². The van der Waals surface area contributed by atoms with Gasteiger partial charge in [0.25, 0.3) is 0 Å². The summed E-state index contributed by atoms with van der Waals surface area (Å²) >= 11 is 6.89. The zero-order chi connectivity index (χ0) is 9.84. The summed E-state index contributed by atoms with van der Waals surface area (Å²) in [5.41, 5.74) is 0. The van der Waals surface area contributed by atoms with Gasteiger partial charge in [0, 0.05) is 6.07 Å². The first kappa shape index (κ1) is 10.3. The molecule has 1 rings (SSSR count). The van der Waals surface area contributed by atoms with Gasteiger partial charge in [0.2, 0.25) is 0 Å². The van der Waals surface area contributed by atoms with E-state index in [9.17, 15) is 4.79 Å². The lowest BCUT2D eigenvalue weighted by atomic mass is 10.4. The van der Waals surface area contributed by atoms with Gasteiger partial charge in [-0.3, -0.25) is 0 Å². The van der Waals surface area contributed by atoms with Crippen LogP contribution in [0.5, 0.6) is 5.75 Å². The molecule has 0 bridgehead atoms. The third-order valence-corrected chi connectivity index (χ3v) is 2.56. The molecular formula is C8H9ClO3S. The molecule has 0 aromatic carbocycles. The molecule has 1 heterocycles. The van der Waals surface area contributed by atoms with Crippen LogP contribution in [-0.2, 0) is 4.74 Å². The standard InChI is InChI=1S/C8H9ClO3S/c1-3-12-5-4-6(9)13-7(5)8(10)11-2/h4H,3H2,1-2H3.